The van der Waals surface area contributed by atoms with Crippen LogP contribution in [0.3, 0.4) is 0 Å². The Kier molecular flexibility index (Phi) is 10.2. The molecule has 0 saturated carbocycles. The highest BCUT2D eigenvalue weighted by atomic mass is 79.9. The normalized spacial score (nSPS) is 12.9. The van der Waals surface area contributed by atoms with Crippen LogP contribution >= 0.6 is 27.7 Å². The van der Waals surface area contributed by atoms with Gasteiger partial charge in [0.15, 0.2) is 0 Å². The molecule has 1 aromatic heterocycles. The van der Waals surface area contributed by atoms with Crippen molar-refractivity contribution in [3.05, 3.63) is 79.4 Å². The molecule has 0 unspecified atom stereocenters. The lowest BCUT2D eigenvalue weighted by atomic mass is 10.0. The number of nitrogens with zero attached hydrogens (tertiary/aromatic N) is 3. The van der Waals surface area contributed by atoms with E-state index in [1.54, 1.807) is 12.1 Å². The smallest absolute Gasteiger partial charge is 0.349 e. The largest absolute Gasteiger partial charge is 0.461 e. The maximum atomic E-state index is 13.8. The minimum absolute atomic E-state index is 0.0453. The first-order chi connectivity index (χ1) is 19.5. The van der Waals surface area contributed by atoms with Crippen LogP contribution in [0.15, 0.2) is 45.7 Å². The standard InChI is InChI=1S/C25H23BrF7N5O3S/c1-12-9-14(10-37-23(41)38(22(27)28)21(36-37)24(29,30)25(31,32)33)7-8-17(12)35-19(39)15-5-4-6-16(26)18(15)20(40)34-13(2)11-42-3/h4-9,13,22H,10-11H2,1-3H3,(H,34,40)(H,35,39)/t13-/m1/s1. The molecular formula is C25H23BrF7N5O3S. The van der Waals surface area contributed by atoms with Crippen LogP contribution in [0.25, 0.3) is 0 Å². The van der Waals surface area contributed by atoms with Gasteiger partial charge in [0.25, 0.3) is 11.8 Å². The summed E-state index contributed by atoms with van der Waals surface area (Å²) in [6.07, 6.45) is -4.39. The predicted octanol–water partition coefficient (Wildman–Crippen LogP) is 5.95. The summed E-state index contributed by atoms with van der Waals surface area (Å²) in [5.74, 6) is -8.74. The zero-order valence-electron chi connectivity index (χ0n) is 22.0. The Morgan fingerprint density at radius 2 is 1.76 bits per heavy atom. The second-order valence-corrected chi connectivity index (χ2v) is 10.8. The molecule has 2 amide bonds. The summed E-state index contributed by atoms with van der Waals surface area (Å²) in [7, 11) is 0. The molecule has 0 saturated heterocycles. The summed E-state index contributed by atoms with van der Waals surface area (Å²) in [6.45, 7) is -1.40. The van der Waals surface area contributed by atoms with Crippen molar-refractivity contribution in [1.29, 1.82) is 0 Å². The van der Waals surface area contributed by atoms with Gasteiger partial charge in [-0.25, -0.2) is 14.0 Å². The summed E-state index contributed by atoms with van der Waals surface area (Å²) in [4.78, 5) is 38.3. The van der Waals surface area contributed by atoms with E-state index in [4.69, 9.17) is 0 Å². The molecule has 2 N–H and O–H groups in total. The summed E-state index contributed by atoms with van der Waals surface area (Å²) < 4.78 is 92.1. The third-order valence-corrected chi connectivity index (χ3v) is 7.35. The van der Waals surface area contributed by atoms with Gasteiger partial charge in [-0.2, -0.15) is 42.5 Å². The Morgan fingerprint density at radius 1 is 1.10 bits per heavy atom. The first-order valence-corrected chi connectivity index (χ1v) is 14.1. The van der Waals surface area contributed by atoms with Crippen molar-refractivity contribution >= 4 is 45.2 Å². The summed E-state index contributed by atoms with van der Waals surface area (Å²) in [5, 5.41) is 8.33. The number of carbonyl (C=O) groups excluding carboxylic acids is 2. The van der Waals surface area contributed by atoms with E-state index in [1.165, 1.54) is 43.0 Å². The number of halogens is 8. The number of hydrogen-bond donors (Lipinski definition) is 2. The Bertz CT molecular complexity index is 1540. The van der Waals surface area contributed by atoms with Crippen molar-refractivity contribution in [1.82, 2.24) is 19.7 Å². The van der Waals surface area contributed by atoms with Crippen molar-refractivity contribution in [3.8, 4) is 0 Å². The molecule has 0 aliphatic carbocycles. The third kappa shape index (κ3) is 6.99. The number of rotatable bonds is 10. The van der Waals surface area contributed by atoms with E-state index in [9.17, 15) is 45.1 Å². The molecule has 3 rings (SSSR count). The molecule has 0 spiro atoms. The minimum atomic E-state index is -6.27. The van der Waals surface area contributed by atoms with E-state index in [0.29, 0.717) is 15.8 Å². The number of hydrogen-bond acceptors (Lipinski definition) is 5. The molecule has 2 aromatic carbocycles. The zero-order chi connectivity index (χ0) is 31.6. The van der Waals surface area contributed by atoms with Gasteiger partial charge in [-0.1, -0.05) is 18.2 Å². The lowest BCUT2D eigenvalue weighted by Gasteiger charge is -2.18. The number of amides is 2. The molecule has 0 aliphatic rings. The number of thioether (sulfide) groups is 1. The number of benzene rings is 2. The minimum Gasteiger partial charge on any atom is -0.349 e. The maximum absolute atomic E-state index is 13.8. The van der Waals surface area contributed by atoms with Gasteiger partial charge in [0, 0.05) is 22.0 Å². The summed E-state index contributed by atoms with van der Waals surface area (Å²) >= 11 is 4.82. The molecule has 0 aliphatic heterocycles. The second kappa shape index (κ2) is 12.9. The molecule has 17 heteroatoms. The topological polar surface area (TPSA) is 98.0 Å². The molecule has 1 atom stereocenters. The van der Waals surface area contributed by atoms with Crippen LogP contribution in [0.2, 0.25) is 0 Å². The van der Waals surface area contributed by atoms with E-state index >= 15 is 0 Å². The highest BCUT2D eigenvalue weighted by molar-refractivity contribution is 9.10. The van der Waals surface area contributed by atoms with Gasteiger partial charge in [-0.3, -0.25) is 9.59 Å². The van der Waals surface area contributed by atoms with Gasteiger partial charge in [0.1, 0.15) is 0 Å². The van der Waals surface area contributed by atoms with Crippen LogP contribution in [0.5, 0.6) is 0 Å². The highest BCUT2D eigenvalue weighted by Gasteiger charge is 2.63. The quantitative estimate of drug-likeness (QED) is 0.257. The highest BCUT2D eigenvalue weighted by Crippen LogP contribution is 2.43. The molecular weight excluding hydrogens is 663 g/mol. The Labute approximate surface area is 246 Å². The van der Waals surface area contributed by atoms with Crippen molar-refractivity contribution in [3.63, 3.8) is 0 Å². The zero-order valence-corrected chi connectivity index (χ0v) is 24.4. The van der Waals surface area contributed by atoms with Gasteiger partial charge in [-0.05, 0) is 65.4 Å². The molecule has 42 heavy (non-hydrogen) atoms. The van der Waals surface area contributed by atoms with Gasteiger partial charge in [0.05, 0.1) is 17.7 Å². The van der Waals surface area contributed by atoms with Crippen LogP contribution in [0.4, 0.5) is 36.4 Å². The average Bonchev–Trinajstić information content (AvgIpc) is 3.21. The van der Waals surface area contributed by atoms with Gasteiger partial charge >= 0.3 is 24.3 Å². The lowest BCUT2D eigenvalue weighted by Crippen LogP contribution is -2.38. The molecule has 1 heterocycles. The Hall–Kier alpha value is -3.34. The monoisotopic (exact) mass is 685 g/mol. The maximum Gasteiger partial charge on any atom is 0.461 e. The molecule has 0 bridgehead atoms. The molecule has 8 nitrogen and oxygen atoms in total. The Morgan fingerprint density at radius 3 is 2.33 bits per heavy atom. The number of carbonyl (C=O) groups is 2. The SMILES string of the molecule is CSC[C@@H](C)NC(=O)c1c(Br)cccc1C(=O)Nc1ccc(Cn2nc(C(F)(F)C(F)(F)F)n(C(F)F)c2=O)cc1C. The first kappa shape index (κ1) is 33.2. The van der Waals surface area contributed by atoms with Crippen molar-refractivity contribution in [2.75, 3.05) is 17.3 Å². The van der Waals surface area contributed by atoms with E-state index < -0.39 is 53.1 Å². The Balaban J connectivity index is 1.88. The number of nitrogens with one attached hydrogen (secondary N) is 2. The fourth-order valence-electron chi connectivity index (χ4n) is 3.90. The van der Waals surface area contributed by atoms with Gasteiger partial charge in [0.2, 0.25) is 5.82 Å². The fourth-order valence-corrected chi connectivity index (χ4v) is 5.03. The molecule has 228 valence electrons. The summed E-state index contributed by atoms with van der Waals surface area (Å²) in [6, 6.07) is 8.41. The van der Waals surface area contributed by atoms with Crippen molar-refractivity contribution in [2.45, 2.75) is 45.1 Å². The number of alkyl halides is 7. The molecule has 0 fully saturated rings. The third-order valence-electron chi connectivity index (χ3n) is 5.85. The van der Waals surface area contributed by atoms with Crippen LogP contribution in [0.1, 0.15) is 51.1 Å². The van der Waals surface area contributed by atoms with E-state index in [1.807, 2.05) is 13.2 Å². The van der Waals surface area contributed by atoms with Gasteiger partial charge in [-0.15, -0.1) is 5.10 Å². The average molecular weight is 686 g/mol. The van der Waals surface area contributed by atoms with Crippen molar-refractivity contribution < 1.29 is 40.3 Å². The second-order valence-electron chi connectivity index (χ2n) is 9.08. The van der Waals surface area contributed by atoms with Crippen molar-refractivity contribution in [2.24, 2.45) is 0 Å². The number of aromatic nitrogens is 3. The van der Waals surface area contributed by atoms with E-state index in [2.05, 4.69) is 31.7 Å². The number of aryl methyl sites for hydroxylation is 1. The first-order valence-electron chi connectivity index (χ1n) is 11.9. The number of anilines is 1. The van der Waals surface area contributed by atoms with Crippen LogP contribution < -0.4 is 16.3 Å². The van der Waals surface area contributed by atoms with Crippen LogP contribution in [0, 0.1) is 6.92 Å². The lowest BCUT2D eigenvalue weighted by molar-refractivity contribution is -0.294. The van der Waals surface area contributed by atoms with Crippen LogP contribution in [-0.2, 0) is 12.5 Å². The van der Waals surface area contributed by atoms with Crippen LogP contribution in [-0.4, -0.2) is 50.4 Å². The predicted molar refractivity (Wildman–Crippen MR) is 145 cm³/mol. The molecule has 0 radical (unpaired) electrons. The van der Waals surface area contributed by atoms with E-state index in [-0.39, 0.29) is 33.1 Å². The molecule has 3 aromatic rings. The van der Waals surface area contributed by atoms with Gasteiger partial charge < -0.3 is 10.6 Å². The van der Waals surface area contributed by atoms with E-state index in [0.717, 1.165) is 0 Å². The fraction of sp³-hybridized carbons (Fsp3) is 0.360. The summed E-state index contributed by atoms with van der Waals surface area (Å²) in [5.41, 5.74) is -1.01.